The molecule has 9 nitrogen and oxygen atoms in total. The van der Waals surface area contributed by atoms with Crippen LogP contribution in [0.3, 0.4) is 0 Å². The standard InChI is InChI=1S/C36H29Cl2FN2O7/c1-19(43)20-6-10-22(11-7-20)40-31(44)26-15-14-24-27(29(26)32(40)45)18-35(37)33(46)41(23-12-8-21(39)9-13-23)34(47)36(35,38)30(24)25-4-2-3-5-28(25)48-17-16-42/h2-14,26-27,29-30,42H,15-18H2,1H3. The molecule has 1 N–H and O–H groups in total. The molecular weight excluding hydrogens is 662 g/mol. The van der Waals surface area contributed by atoms with Gasteiger partial charge in [-0.25, -0.2) is 9.29 Å². The van der Waals surface area contributed by atoms with Gasteiger partial charge in [0.2, 0.25) is 11.8 Å². The number of rotatable bonds is 7. The summed E-state index contributed by atoms with van der Waals surface area (Å²) >= 11 is 14.8. The first-order valence-corrected chi connectivity index (χ1v) is 16.2. The number of benzene rings is 3. The Morgan fingerprint density at radius 1 is 0.896 bits per heavy atom. The van der Waals surface area contributed by atoms with Crippen LogP contribution in [0.4, 0.5) is 15.8 Å². The number of fused-ring (bicyclic) bond motifs is 4. The number of alkyl halides is 2. The van der Waals surface area contributed by atoms with Gasteiger partial charge in [0.1, 0.15) is 18.2 Å². The fourth-order valence-corrected chi connectivity index (χ4v) is 8.78. The maximum Gasteiger partial charge on any atom is 0.258 e. The average Bonchev–Trinajstić information content (AvgIpc) is 3.42. The average molecular weight is 692 g/mol. The molecule has 2 aliphatic carbocycles. The number of allylic oxidation sites excluding steroid dienone is 2. The second kappa shape index (κ2) is 11.6. The fourth-order valence-electron chi connectivity index (χ4n) is 7.85. The molecule has 6 atom stereocenters. The van der Waals surface area contributed by atoms with Gasteiger partial charge in [-0.3, -0.25) is 28.9 Å². The summed E-state index contributed by atoms with van der Waals surface area (Å²) in [5, 5.41) is 9.53. The van der Waals surface area contributed by atoms with E-state index in [4.69, 9.17) is 27.9 Å². The molecular formula is C36H29Cl2FN2O7. The maximum absolute atomic E-state index is 14.5. The van der Waals surface area contributed by atoms with Crippen molar-refractivity contribution in [3.05, 3.63) is 101 Å². The number of hydrogen-bond donors (Lipinski definition) is 1. The third-order valence-corrected chi connectivity index (χ3v) is 11.4. The van der Waals surface area contributed by atoms with Crippen LogP contribution >= 0.6 is 23.2 Å². The summed E-state index contributed by atoms with van der Waals surface area (Å²) in [4.78, 5) is 66.7. The number of carbonyl (C=O) groups excluding carboxylic acids is 5. The van der Waals surface area contributed by atoms with Gasteiger partial charge in [0.15, 0.2) is 15.5 Å². The lowest BCUT2D eigenvalue weighted by atomic mass is 9.56. The Labute approximate surface area is 284 Å². The van der Waals surface area contributed by atoms with Crippen molar-refractivity contribution in [1.29, 1.82) is 0 Å². The summed E-state index contributed by atoms with van der Waals surface area (Å²) in [6.45, 7) is 1.05. The van der Waals surface area contributed by atoms with E-state index < -0.39 is 62.9 Å². The summed E-state index contributed by atoms with van der Waals surface area (Å²) in [6, 6.07) is 17.7. The van der Waals surface area contributed by atoms with Crippen molar-refractivity contribution in [2.24, 2.45) is 17.8 Å². The normalized spacial score (nSPS) is 29.4. The van der Waals surface area contributed by atoms with E-state index in [9.17, 15) is 33.5 Å². The van der Waals surface area contributed by atoms with Crippen molar-refractivity contribution in [1.82, 2.24) is 0 Å². The minimum atomic E-state index is -2.12. The van der Waals surface area contributed by atoms with Crippen LogP contribution in [0.25, 0.3) is 0 Å². The number of anilines is 2. The highest BCUT2D eigenvalue weighted by Gasteiger charge is 2.77. The Morgan fingerprint density at radius 3 is 2.21 bits per heavy atom. The van der Waals surface area contributed by atoms with Gasteiger partial charge < -0.3 is 9.84 Å². The number of aliphatic hydroxyl groups excluding tert-OH is 1. The van der Waals surface area contributed by atoms with Crippen LogP contribution in [-0.2, 0) is 19.2 Å². The molecule has 3 fully saturated rings. The van der Waals surface area contributed by atoms with Crippen molar-refractivity contribution in [3.8, 4) is 5.75 Å². The lowest BCUT2D eigenvalue weighted by molar-refractivity contribution is -0.125. The van der Waals surface area contributed by atoms with E-state index in [1.807, 2.05) is 6.08 Å². The molecule has 1 saturated carbocycles. The van der Waals surface area contributed by atoms with E-state index in [0.717, 1.165) is 21.9 Å². The predicted molar refractivity (Wildman–Crippen MR) is 175 cm³/mol. The first kappa shape index (κ1) is 32.2. The van der Waals surface area contributed by atoms with Crippen LogP contribution in [0.15, 0.2) is 84.4 Å². The molecule has 12 heteroatoms. The van der Waals surface area contributed by atoms with Crippen LogP contribution in [0.5, 0.6) is 5.75 Å². The van der Waals surface area contributed by atoms with Crippen LogP contribution in [0.2, 0.25) is 0 Å². The predicted octanol–water partition coefficient (Wildman–Crippen LogP) is 5.17. The van der Waals surface area contributed by atoms with Gasteiger partial charge in [0.05, 0.1) is 29.8 Å². The van der Waals surface area contributed by atoms with Crippen molar-refractivity contribution in [2.75, 3.05) is 23.0 Å². The number of amides is 4. The van der Waals surface area contributed by atoms with E-state index in [0.29, 0.717) is 28.1 Å². The second-order valence-corrected chi connectivity index (χ2v) is 13.7. The van der Waals surface area contributed by atoms with Gasteiger partial charge >= 0.3 is 0 Å². The molecule has 0 aromatic heterocycles. The van der Waals surface area contributed by atoms with Gasteiger partial charge in [-0.05, 0) is 80.3 Å². The second-order valence-electron chi connectivity index (χ2n) is 12.5. The zero-order chi connectivity index (χ0) is 34.1. The molecule has 4 aliphatic rings. The molecule has 4 amide bonds. The molecule has 6 unspecified atom stereocenters. The van der Waals surface area contributed by atoms with Gasteiger partial charge in [-0.1, -0.05) is 29.8 Å². The zero-order valence-corrected chi connectivity index (χ0v) is 27.1. The third kappa shape index (κ3) is 4.49. The smallest absolute Gasteiger partial charge is 0.258 e. The first-order valence-electron chi connectivity index (χ1n) is 15.5. The van der Waals surface area contributed by atoms with Crippen LogP contribution in [-0.4, -0.2) is 57.5 Å². The molecule has 0 bridgehead atoms. The third-order valence-electron chi connectivity index (χ3n) is 10.0. The number of hydrogen-bond acceptors (Lipinski definition) is 7. The number of Topliss-reactive ketones (excluding diaryl/α,β-unsaturated/α-hetero) is 1. The van der Waals surface area contributed by atoms with E-state index in [1.54, 1.807) is 48.5 Å². The lowest BCUT2D eigenvalue weighted by Crippen LogP contribution is -2.60. The van der Waals surface area contributed by atoms with Crippen molar-refractivity contribution in [3.63, 3.8) is 0 Å². The Balaban J connectivity index is 1.38. The first-order chi connectivity index (χ1) is 22.9. The van der Waals surface area contributed by atoms with Gasteiger partial charge in [-0.15, -0.1) is 23.2 Å². The van der Waals surface area contributed by atoms with Crippen LogP contribution in [0.1, 0.15) is 41.6 Å². The number of ketones is 1. The highest BCUT2D eigenvalue weighted by atomic mass is 35.5. The fraction of sp³-hybridized carbons (Fsp3) is 0.306. The molecule has 2 heterocycles. The highest BCUT2D eigenvalue weighted by molar-refractivity contribution is 6.58. The molecule has 3 aromatic carbocycles. The topological polar surface area (TPSA) is 121 Å². The summed E-state index contributed by atoms with van der Waals surface area (Å²) in [7, 11) is 0. The summed E-state index contributed by atoms with van der Waals surface area (Å²) in [6.07, 6.45) is 1.73. The lowest BCUT2D eigenvalue weighted by Gasteiger charge is -2.50. The number of carbonyl (C=O) groups is 5. The van der Waals surface area contributed by atoms with E-state index >= 15 is 0 Å². The molecule has 2 saturated heterocycles. The Bertz CT molecular complexity index is 1920. The summed E-state index contributed by atoms with van der Waals surface area (Å²) < 4.78 is 19.8. The molecule has 48 heavy (non-hydrogen) atoms. The van der Waals surface area contributed by atoms with Crippen molar-refractivity contribution < 1.29 is 38.2 Å². The highest BCUT2D eigenvalue weighted by Crippen LogP contribution is 2.66. The van der Waals surface area contributed by atoms with Crippen LogP contribution in [0, 0.1) is 23.6 Å². The number of halogens is 3. The Kier molecular flexibility index (Phi) is 7.81. The molecule has 7 rings (SSSR count). The number of imide groups is 2. The monoisotopic (exact) mass is 690 g/mol. The molecule has 3 aromatic rings. The minimum absolute atomic E-state index is 0.0723. The van der Waals surface area contributed by atoms with E-state index in [2.05, 4.69) is 0 Å². The van der Waals surface area contributed by atoms with Crippen molar-refractivity contribution in [2.45, 2.75) is 35.4 Å². The van der Waals surface area contributed by atoms with Gasteiger partial charge in [0, 0.05) is 17.0 Å². The Hall–Kier alpha value is -4.38. The quantitative estimate of drug-likeness (QED) is 0.157. The molecule has 246 valence electrons. The number of aliphatic hydroxyl groups is 1. The summed E-state index contributed by atoms with van der Waals surface area (Å²) in [5.41, 5.74) is 1.79. The van der Waals surface area contributed by atoms with E-state index in [1.165, 1.54) is 19.1 Å². The summed E-state index contributed by atoms with van der Waals surface area (Å²) in [5.74, 6) is -6.60. The van der Waals surface area contributed by atoms with E-state index in [-0.39, 0.29) is 37.5 Å². The largest absolute Gasteiger partial charge is 0.491 e. The number of ether oxygens (including phenoxy) is 1. The number of nitrogens with zero attached hydrogens (tertiary/aromatic N) is 2. The van der Waals surface area contributed by atoms with Crippen molar-refractivity contribution >= 4 is 64.0 Å². The molecule has 2 aliphatic heterocycles. The number of para-hydroxylation sites is 1. The maximum atomic E-state index is 14.5. The van der Waals surface area contributed by atoms with Gasteiger partial charge in [0.25, 0.3) is 11.8 Å². The SMILES string of the molecule is CC(=O)c1ccc(N2C(=O)C3CC=C4C(CC5(Cl)C(=O)N(c6ccc(F)cc6)C(=O)C5(Cl)C4c4ccccc4OCCO)C3C2=O)cc1. The Morgan fingerprint density at radius 2 is 1.54 bits per heavy atom. The minimum Gasteiger partial charge on any atom is -0.491 e. The zero-order valence-electron chi connectivity index (χ0n) is 25.6. The van der Waals surface area contributed by atoms with Crippen LogP contribution < -0.4 is 14.5 Å². The van der Waals surface area contributed by atoms with Gasteiger partial charge in [-0.2, -0.15) is 0 Å². The molecule has 0 spiro atoms. The molecule has 0 radical (unpaired) electrons.